The number of hydrogen-bond donors (Lipinski definition) is 0. The van der Waals surface area contributed by atoms with Crippen LogP contribution >= 0.6 is 0 Å². The third kappa shape index (κ3) is 4.47. The molecule has 0 aliphatic rings. The zero-order valence-electron chi connectivity index (χ0n) is 54.4. The third-order valence-corrected chi connectivity index (χ3v) is 7.82. The van der Waals surface area contributed by atoms with Crippen LogP contribution in [0.2, 0.25) is 0 Å². The molecule has 0 unspecified atom stereocenters. The highest BCUT2D eigenvalue weighted by Crippen LogP contribution is 2.44. The molecule has 0 amide bonds. The first-order valence-corrected chi connectivity index (χ1v) is 14.4. The second-order valence-electron chi connectivity index (χ2n) is 10.5. The molecule has 0 atom stereocenters. The van der Waals surface area contributed by atoms with E-state index in [1.807, 2.05) is 0 Å². The van der Waals surface area contributed by atoms with Crippen molar-refractivity contribution in [2.75, 3.05) is 0 Å². The van der Waals surface area contributed by atoms with Crippen molar-refractivity contribution >= 4 is 54.3 Å². The first-order chi connectivity index (χ1) is 36.8. The third-order valence-electron chi connectivity index (χ3n) is 7.82. The summed E-state index contributed by atoms with van der Waals surface area (Å²) < 4.78 is 274. The minimum atomic E-state index is -1.08. The average Bonchev–Trinajstić information content (AvgIpc) is 4.07. The van der Waals surface area contributed by atoms with Crippen molar-refractivity contribution in [1.82, 2.24) is 0 Å². The summed E-state index contributed by atoms with van der Waals surface area (Å²) in [5.74, 6) is 0. The van der Waals surface area contributed by atoms with Gasteiger partial charge in [0, 0.05) is 10.8 Å². The van der Waals surface area contributed by atoms with E-state index in [1.165, 1.54) is 0 Å². The first-order valence-electron chi connectivity index (χ1n) is 29.4. The van der Waals surface area contributed by atoms with Crippen LogP contribution in [0.15, 0.2) is 186 Å². The van der Waals surface area contributed by atoms with Gasteiger partial charge in [0.25, 0.3) is 0 Å². The van der Waals surface area contributed by atoms with Crippen LogP contribution in [0.25, 0.3) is 98.8 Å². The lowest BCUT2D eigenvalue weighted by Gasteiger charge is -2.18. The number of hydrogen-bond acceptors (Lipinski definition) is 1. The number of furan rings is 1. The van der Waals surface area contributed by atoms with Gasteiger partial charge in [-0.15, -0.1) is 0 Å². The lowest BCUT2D eigenvalue weighted by molar-refractivity contribution is 0.669. The van der Waals surface area contributed by atoms with Gasteiger partial charge < -0.3 is 4.42 Å². The summed E-state index contributed by atoms with van der Waals surface area (Å²) in [5, 5.41) is -5.42. The molecule has 9 aromatic carbocycles. The summed E-state index contributed by atoms with van der Waals surface area (Å²) in [7, 11) is 0. The van der Waals surface area contributed by atoms with Crippen molar-refractivity contribution < 1.29 is 45.5 Å². The Morgan fingerprint density at radius 1 is 0.327 bits per heavy atom. The SMILES string of the molecule is [2H]c1c([2H])c([2H])c(-c2c3c([2H])c([2H])c([2H])c([2H])c3c(-c3c([2H])c([2H])c4c([2H])c(-c5c([2H])c([2H])c6c(oc7c([2H])c([2H])c([2H])c(-c8c([2H])c([2H])c([2H])c([2H])c8[2H])c76)c5[2H])c([2H])c([2H])c4c3[2H])c3c([2H])c([2H])c([2H])c([2H])c23)c([2H])c1[2H]. The largest absolute Gasteiger partial charge is 0.456 e. The molecule has 0 saturated heterocycles. The summed E-state index contributed by atoms with van der Waals surface area (Å²) >= 11 is 0. The van der Waals surface area contributed by atoms with Crippen LogP contribution in [-0.2, 0) is 0 Å². The Kier molecular flexibility index (Phi) is 2.50. The van der Waals surface area contributed by atoms with Crippen molar-refractivity contribution in [2.24, 2.45) is 0 Å². The van der Waals surface area contributed by atoms with Gasteiger partial charge in [0.05, 0.1) is 41.1 Å². The molecule has 0 bridgehead atoms. The van der Waals surface area contributed by atoms with Crippen LogP contribution in [0.3, 0.4) is 0 Å². The molecule has 10 aromatic rings. The maximum absolute atomic E-state index is 9.75. The van der Waals surface area contributed by atoms with Crippen molar-refractivity contribution in [3.05, 3.63) is 181 Å². The zero-order valence-corrected chi connectivity index (χ0v) is 24.4. The van der Waals surface area contributed by atoms with Gasteiger partial charge >= 0.3 is 0 Å². The topological polar surface area (TPSA) is 13.1 Å². The molecule has 0 aliphatic carbocycles. The van der Waals surface area contributed by atoms with E-state index in [0.29, 0.717) is 0 Å². The Morgan fingerprint density at radius 3 is 1.49 bits per heavy atom. The fourth-order valence-electron chi connectivity index (χ4n) is 5.76. The normalized spacial score (nSPS) is 20.2. The summed E-state index contributed by atoms with van der Waals surface area (Å²) in [6.07, 6.45) is 0. The van der Waals surface area contributed by atoms with Crippen molar-refractivity contribution in [1.29, 1.82) is 0 Å². The molecule has 1 nitrogen and oxygen atoms in total. The predicted octanol–water partition coefficient (Wildman–Crippen LogP) is 13.7. The van der Waals surface area contributed by atoms with E-state index in [9.17, 15) is 17.8 Å². The Bertz CT molecular complexity index is 4460. The second-order valence-corrected chi connectivity index (χ2v) is 10.5. The maximum Gasteiger partial charge on any atom is 0.136 e. The fourth-order valence-corrected chi connectivity index (χ4v) is 5.76. The van der Waals surface area contributed by atoms with Crippen LogP contribution in [0, 0.1) is 0 Å². The van der Waals surface area contributed by atoms with E-state index in [1.54, 1.807) is 0 Å². The van der Waals surface area contributed by atoms with Gasteiger partial charge in [-0.3, -0.25) is 0 Å². The smallest absolute Gasteiger partial charge is 0.136 e. The quantitative estimate of drug-likeness (QED) is 0.172. The van der Waals surface area contributed by atoms with Gasteiger partial charge in [0.15, 0.2) is 0 Å². The van der Waals surface area contributed by atoms with Gasteiger partial charge in [0.1, 0.15) is 11.2 Å². The van der Waals surface area contributed by atoms with Gasteiger partial charge in [-0.05, 0) is 107 Å². The molecule has 1 heterocycles. The Balaban J connectivity index is 1.36. The van der Waals surface area contributed by atoms with Gasteiger partial charge in [-0.2, -0.15) is 0 Å². The van der Waals surface area contributed by atoms with E-state index < -0.39 is 280 Å². The molecule has 0 fully saturated rings. The van der Waals surface area contributed by atoms with Gasteiger partial charge in [0.2, 0.25) is 0 Å². The highest BCUT2D eigenvalue weighted by Gasteiger charge is 2.17. The summed E-state index contributed by atoms with van der Waals surface area (Å²) in [5.41, 5.74) is -7.16. The molecule has 0 saturated carbocycles. The minimum absolute atomic E-state index is 0.468. The highest BCUT2D eigenvalue weighted by molar-refractivity contribution is 6.21. The molecule has 228 valence electrons. The maximum atomic E-state index is 9.75. The van der Waals surface area contributed by atoms with Crippen molar-refractivity contribution in [3.8, 4) is 44.5 Å². The van der Waals surface area contributed by atoms with Gasteiger partial charge in [-0.25, -0.2) is 0 Å². The summed E-state index contributed by atoms with van der Waals surface area (Å²) in [6.45, 7) is 0. The number of fused-ring (bicyclic) bond motifs is 6. The molecule has 1 aromatic heterocycles. The monoisotopic (exact) mass is 652 g/mol. The van der Waals surface area contributed by atoms with Gasteiger partial charge in [-0.1, -0.05) is 151 Å². The predicted molar refractivity (Wildman–Crippen MR) is 208 cm³/mol. The number of benzene rings is 9. The van der Waals surface area contributed by atoms with E-state index in [4.69, 9.17) is 27.7 Å². The van der Waals surface area contributed by atoms with Crippen LogP contribution in [0.5, 0.6) is 0 Å². The second kappa shape index (κ2) is 11.1. The van der Waals surface area contributed by atoms with Crippen molar-refractivity contribution in [3.63, 3.8) is 0 Å². The van der Waals surface area contributed by atoms with Crippen LogP contribution in [0.4, 0.5) is 0 Å². The molecular formula is C48H30O. The Labute approximate surface area is 326 Å². The van der Waals surface area contributed by atoms with Crippen molar-refractivity contribution in [2.45, 2.75) is 0 Å². The molecule has 0 radical (unpaired) electrons. The van der Waals surface area contributed by atoms with E-state index in [0.717, 1.165) is 0 Å². The van der Waals surface area contributed by atoms with Crippen LogP contribution < -0.4 is 0 Å². The average molecular weight is 653 g/mol. The Morgan fingerprint density at radius 2 is 0.837 bits per heavy atom. The molecule has 1 heteroatoms. The van der Waals surface area contributed by atoms with E-state index in [2.05, 4.69) is 0 Å². The fraction of sp³-hybridized carbons (Fsp3) is 0. The van der Waals surface area contributed by atoms with Crippen LogP contribution in [0.1, 0.15) is 41.1 Å². The molecule has 0 N–H and O–H groups in total. The number of rotatable bonds is 4. The lowest BCUT2D eigenvalue weighted by atomic mass is 9.85. The molecular weight excluding hydrogens is 593 g/mol. The van der Waals surface area contributed by atoms with Crippen LogP contribution in [-0.4, -0.2) is 0 Å². The Hall–Kier alpha value is -6.44. The summed E-state index contributed by atoms with van der Waals surface area (Å²) in [6, 6.07) is -28.2. The summed E-state index contributed by atoms with van der Waals surface area (Å²) in [4.78, 5) is 0. The minimum Gasteiger partial charge on any atom is -0.456 e. The zero-order chi connectivity index (χ0) is 58.4. The standard InChI is InChI=1S/C48H30O/c1-3-12-31(13-4-1)38-20-11-21-44-48(38)43-27-26-36(30-45(43)49-44)34-22-23-35-29-37(25-24-33(35)28-34)47-41-18-9-7-16-39(41)46(32-14-5-2-6-15-32)40-17-8-10-19-42(40)47/h1-30H/i1D,2D,3D,4D,5D,6D,7D,8D,9D,10D,11D,12D,13D,14D,15D,16D,17D,18D,19D,20D,21D,22D,23D,24D,25D,26D,27D,28D,29D,30D. The van der Waals surface area contributed by atoms with E-state index in [-0.39, 0.29) is 0 Å². The highest BCUT2D eigenvalue weighted by atomic mass is 16.3. The molecule has 0 spiro atoms. The molecule has 10 rings (SSSR count). The van der Waals surface area contributed by atoms with E-state index >= 15 is 0 Å². The molecule has 49 heavy (non-hydrogen) atoms. The lowest BCUT2D eigenvalue weighted by Crippen LogP contribution is -1.90. The molecule has 0 aliphatic heterocycles. The first kappa shape index (κ1) is 11.1.